The summed E-state index contributed by atoms with van der Waals surface area (Å²) in [5.74, 6) is -0.0120. The first-order valence-corrected chi connectivity index (χ1v) is 5.27. The second-order valence-corrected chi connectivity index (χ2v) is 4.34. The van der Waals surface area contributed by atoms with Gasteiger partial charge in [-0.3, -0.25) is 0 Å². The summed E-state index contributed by atoms with van der Waals surface area (Å²) >= 11 is 2.23. The second-order valence-electron chi connectivity index (χ2n) is 3.09. The van der Waals surface area contributed by atoms with E-state index < -0.39 is 6.10 Å². The van der Waals surface area contributed by atoms with Gasteiger partial charge >= 0.3 is 0 Å². The largest absolute Gasteiger partial charge is 0.394 e. The van der Waals surface area contributed by atoms with Crippen LogP contribution in [0.2, 0.25) is 0 Å². The molecular weight excluding hydrogens is 279 g/mol. The van der Waals surface area contributed by atoms with Gasteiger partial charge in [0.25, 0.3) is 0 Å². The highest BCUT2D eigenvalue weighted by atomic mass is 127. The highest BCUT2D eigenvalue weighted by Crippen LogP contribution is 2.19. The number of benzene rings is 1. The fourth-order valence-corrected chi connectivity index (χ4v) is 1.51. The monoisotopic (exact) mass is 292 g/mol. The van der Waals surface area contributed by atoms with Crippen LogP contribution in [0.5, 0.6) is 0 Å². The summed E-state index contributed by atoms with van der Waals surface area (Å²) in [6.45, 7) is 1.72. The van der Waals surface area contributed by atoms with Crippen LogP contribution in [0, 0.1) is 3.57 Å². The van der Waals surface area contributed by atoms with Gasteiger partial charge in [-0.05, 0) is 40.3 Å². The molecule has 2 nitrogen and oxygen atoms in total. The summed E-state index contributed by atoms with van der Waals surface area (Å²) in [5.41, 5.74) is 1.06. The first kappa shape index (κ1) is 10.9. The van der Waals surface area contributed by atoms with Crippen LogP contribution in [0.15, 0.2) is 24.3 Å². The van der Waals surface area contributed by atoms with Crippen LogP contribution in [0.3, 0.4) is 0 Å². The van der Waals surface area contributed by atoms with Crippen LogP contribution in [-0.4, -0.2) is 22.9 Å². The molecule has 2 atom stereocenters. The number of hydrogen-bond acceptors (Lipinski definition) is 2. The minimum absolute atomic E-state index is 0.0120. The van der Waals surface area contributed by atoms with E-state index in [4.69, 9.17) is 5.11 Å². The van der Waals surface area contributed by atoms with E-state index in [1.807, 2.05) is 31.2 Å². The summed E-state index contributed by atoms with van der Waals surface area (Å²) < 4.78 is 1.17. The third kappa shape index (κ3) is 2.93. The fraction of sp³-hybridized carbons (Fsp3) is 0.400. The van der Waals surface area contributed by atoms with Crippen molar-refractivity contribution in [3.05, 3.63) is 33.4 Å². The van der Waals surface area contributed by atoms with E-state index in [-0.39, 0.29) is 12.5 Å². The molecule has 0 saturated heterocycles. The van der Waals surface area contributed by atoms with E-state index in [0.717, 1.165) is 5.56 Å². The second kappa shape index (κ2) is 4.93. The fourth-order valence-electron chi connectivity index (χ4n) is 1.15. The maximum absolute atomic E-state index is 9.40. The zero-order valence-corrected chi connectivity index (χ0v) is 9.60. The van der Waals surface area contributed by atoms with Crippen molar-refractivity contribution in [2.75, 3.05) is 6.61 Å². The first-order valence-electron chi connectivity index (χ1n) is 4.19. The van der Waals surface area contributed by atoms with Crippen molar-refractivity contribution in [2.45, 2.75) is 18.9 Å². The van der Waals surface area contributed by atoms with Crippen molar-refractivity contribution in [1.29, 1.82) is 0 Å². The summed E-state index contributed by atoms with van der Waals surface area (Å²) in [6.07, 6.45) is -0.667. The third-order valence-electron chi connectivity index (χ3n) is 2.16. The van der Waals surface area contributed by atoms with Gasteiger partial charge in [0.2, 0.25) is 0 Å². The molecule has 0 aliphatic heterocycles. The van der Waals surface area contributed by atoms with Crippen molar-refractivity contribution in [1.82, 2.24) is 0 Å². The topological polar surface area (TPSA) is 40.5 Å². The summed E-state index contributed by atoms with van der Waals surface area (Å²) in [6, 6.07) is 7.95. The molecule has 0 fully saturated rings. The Bertz CT molecular complexity index is 258. The molecule has 0 bridgehead atoms. The van der Waals surface area contributed by atoms with Gasteiger partial charge in [-0.2, -0.15) is 0 Å². The van der Waals surface area contributed by atoms with Crippen LogP contribution in [0.1, 0.15) is 18.4 Å². The predicted molar refractivity (Wildman–Crippen MR) is 60.7 cm³/mol. The quantitative estimate of drug-likeness (QED) is 0.833. The Morgan fingerprint density at radius 2 is 1.85 bits per heavy atom. The van der Waals surface area contributed by atoms with E-state index >= 15 is 0 Å². The SMILES string of the molecule is C[C@@H](c1ccc(I)cc1)[C@@H](O)CO. The molecule has 0 aromatic heterocycles. The zero-order chi connectivity index (χ0) is 9.84. The van der Waals surface area contributed by atoms with Gasteiger partial charge in [-0.1, -0.05) is 19.1 Å². The highest BCUT2D eigenvalue weighted by Gasteiger charge is 2.14. The molecule has 2 N–H and O–H groups in total. The minimum Gasteiger partial charge on any atom is -0.394 e. The van der Waals surface area contributed by atoms with Gasteiger partial charge in [-0.25, -0.2) is 0 Å². The molecule has 0 amide bonds. The van der Waals surface area contributed by atoms with Crippen LogP contribution in [-0.2, 0) is 0 Å². The first-order chi connectivity index (χ1) is 6.15. The number of rotatable bonds is 3. The van der Waals surface area contributed by atoms with Gasteiger partial charge in [0.1, 0.15) is 0 Å². The predicted octanol–water partition coefficient (Wildman–Crippen LogP) is 1.75. The van der Waals surface area contributed by atoms with E-state index in [0.29, 0.717) is 0 Å². The maximum atomic E-state index is 9.40. The van der Waals surface area contributed by atoms with E-state index in [9.17, 15) is 5.11 Å². The lowest BCUT2D eigenvalue weighted by Gasteiger charge is -2.16. The van der Waals surface area contributed by atoms with Crippen molar-refractivity contribution in [3.63, 3.8) is 0 Å². The number of aliphatic hydroxyl groups excluding tert-OH is 2. The Kier molecular flexibility index (Phi) is 4.15. The summed E-state index contributed by atoms with van der Waals surface area (Å²) in [4.78, 5) is 0. The molecule has 0 saturated carbocycles. The zero-order valence-electron chi connectivity index (χ0n) is 7.44. The van der Waals surface area contributed by atoms with Crippen molar-refractivity contribution in [3.8, 4) is 0 Å². The summed E-state index contributed by atoms with van der Waals surface area (Å²) in [5, 5.41) is 18.2. The van der Waals surface area contributed by atoms with Gasteiger partial charge in [0.05, 0.1) is 12.7 Å². The lowest BCUT2D eigenvalue weighted by atomic mass is 9.96. The molecule has 3 heteroatoms. The van der Waals surface area contributed by atoms with Crippen LogP contribution >= 0.6 is 22.6 Å². The molecule has 0 aliphatic carbocycles. The molecule has 0 unspecified atom stereocenters. The maximum Gasteiger partial charge on any atom is 0.0836 e. The smallest absolute Gasteiger partial charge is 0.0836 e. The van der Waals surface area contributed by atoms with E-state index in [1.165, 1.54) is 3.57 Å². The number of aliphatic hydroxyl groups is 2. The molecule has 0 radical (unpaired) electrons. The average Bonchev–Trinajstić information content (AvgIpc) is 2.17. The van der Waals surface area contributed by atoms with Gasteiger partial charge in [-0.15, -0.1) is 0 Å². The molecule has 0 spiro atoms. The third-order valence-corrected chi connectivity index (χ3v) is 2.88. The minimum atomic E-state index is -0.667. The molecule has 0 aliphatic rings. The van der Waals surface area contributed by atoms with Crippen molar-refractivity contribution >= 4 is 22.6 Å². The van der Waals surface area contributed by atoms with Crippen molar-refractivity contribution in [2.24, 2.45) is 0 Å². The van der Waals surface area contributed by atoms with Gasteiger partial charge in [0, 0.05) is 9.49 Å². The molecule has 1 aromatic rings. The van der Waals surface area contributed by atoms with Gasteiger partial charge < -0.3 is 10.2 Å². The Labute approximate surface area is 91.7 Å². The Morgan fingerprint density at radius 3 is 2.31 bits per heavy atom. The highest BCUT2D eigenvalue weighted by molar-refractivity contribution is 14.1. The van der Waals surface area contributed by atoms with Gasteiger partial charge in [0.15, 0.2) is 0 Å². The van der Waals surface area contributed by atoms with Crippen LogP contribution in [0.4, 0.5) is 0 Å². The lowest BCUT2D eigenvalue weighted by molar-refractivity contribution is 0.0772. The molecule has 1 rings (SSSR count). The van der Waals surface area contributed by atoms with Crippen molar-refractivity contribution < 1.29 is 10.2 Å². The Morgan fingerprint density at radius 1 is 1.31 bits per heavy atom. The Balaban J connectivity index is 2.77. The molecule has 0 heterocycles. The standard InChI is InChI=1S/C10H13IO2/c1-7(10(13)6-12)8-2-4-9(11)5-3-8/h2-5,7,10,12-13H,6H2,1H3/t7-,10-/m0/s1. The normalized spacial score (nSPS) is 15.4. The van der Waals surface area contributed by atoms with E-state index in [2.05, 4.69) is 22.6 Å². The number of hydrogen-bond donors (Lipinski definition) is 2. The molecular formula is C10H13IO2. The van der Waals surface area contributed by atoms with E-state index in [1.54, 1.807) is 0 Å². The summed E-state index contributed by atoms with van der Waals surface area (Å²) in [7, 11) is 0. The number of halogens is 1. The molecule has 13 heavy (non-hydrogen) atoms. The van der Waals surface area contributed by atoms with Crippen LogP contribution in [0.25, 0.3) is 0 Å². The molecule has 1 aromatic carbocycles. The van der Waals surface area contributed by atoms with Crippen LogP contribution < -0.4 is 0 Å². The lowest BCUT2D eigenvalue weighted by Crippen LogP contribution is -2.19. The molecule has 72 valence electrons. The Hall–Kier alpha value is -0.130. The average molecular weight is 292 g/mol.